The monoisotopic (exact) mass is 1160 g/mol. The standard InChI is InChI=1S/C68H121NO13/c1-3-5-7-9-11-13-15-16-17-18-19-20-21-22-23-24-25-26-27-28-29-30-31-32-33-34-35-36-37-38-39-40-42-44-46-48-50-52-60(73)69-56(57(72)51-49-47-45-43-41-14-12-10-8-6-4-2)55-79-67-65(78)63(76)66(59(54-71)81-67)82-68-64(77)62(75)61(74)58(53-70)80-68/h5,7,11,13,16-17,19-20,41,43,49,51,56-59,61-68,70-72,74-78H,3-4,6,8-10,12,14-15,18,21-40,42,44-48,50,52-55H2,1-2H3,(H,69,73)/b7-5-,13-11-,17-16-,20-19-,43-41+,51-49+. The fourth-order valence-corrected chi connectivity index (χ4v) is 10.6. The highest BCUT2D eigenvalue weighted by atomic mass is 16.7. The van der Waals surface area contributed by atoms with Crippen LogP contribution in [0.3, 0.4) is 0 Å². The highest BCUT2D eigenvalue weighted by Crippen LogP contribution is 2.30. The van der Waals surface area contributed by atoms with E-state index in [1.165, 1.54) is 167 Å². The molecule has 0 aromatic carbocycles. The second kappa shape index (κ2) is 52.7. The van der Waals surface area contributed by atoms with Crippen LogP contribution >= 0.6 is 0 Å². The fourth-order valence-electron chi connectivity index (χ4n) is 10.6. The van der Waals surface area contributed by atoms with Gasteiger partial charge in [0.2, 0.25) is 5.91 Å². The molecule has 82 heavy (non-hydrogen) atoms. The average molecular weight is 1160 g/mol. The van der Waals surface area contributed by atoms with Crippen LogP contribution in [0.15, 0.2) is 72.9 Å². The Morgan fingerprint density at radius 3 is 1.34 bits per heavy atom. The fraction of sp³-hybridized carbons (Fsp3) is 0.809. The third-order valence-corrected chi connectivity index (χ3v) is 15.9. The van der Waals surface area contributed by atoms with Crippen LogP contribution in [-0.2, 0) is 23.7 Å². The summed E-state index contributed by atoms with van der Waals surface area (Å²) in [5.41, 5.74) is 0. The molecule has 0 radical (unpaired) electrons. The van der Waals surface area contributed by atoms with Gasteiger partial charge in [0.15, 0.2) is 12.6 Å². The molecule has 2 aliphatic heterocycles. The third kappa shape index (κ3) is 37.1. The summed E-state index contributed by atoms with van der Waals surface area (Å²) in [5, 5.41) is 87.0. The molecule has 0 saturated carbocycles. The highest BCUT2D eigenvalue weighted by molar-refractivity contribution is 5.76. The summed E-state index contributed by atoms with van der Waals surface area (Å²) in [6, 6.07) is -0.930. The van der Waals surface area contributed by atoms with E-state index in [0.717, 1.165) is 57.8 Å². The van der Waals surface area contributed by atoms with E-state index in [-0.39, 0.29) is 18.9 Å². The molecular weight excluding hydrogens is 1040 g/mol. The molecule has 2 rings (SSSR count). The van der Waals surface area contributed by atoms with E-state index in [9.17, 15) is 45.6 Å². The molecular formula is C68H121NO13. The Morgan fingerprint density at radius 2 is 0.854 bits per heavy atom. The average Bonchev–Trinajstić information content (AvgIpc) is 3.22. The summed E-state index contributed by atoms with van der Waals surface area (Å²) in [7, 11) is 0. The van der Waals surface area contributed by atoms with E-state index < -0.39 is 86.8 Å². The number of nitrogens with one attached hydrogen (secondary N) is 1. The number of carbonyl (C=O) groups excluding carboxylic acids is 1. The van der Waals surface area contributed by atoms with Crippen LogP contribution in [0.5, 0.6) is 0 Å². The number of carbonyl (C=O) groups is 1. The maximum absolute atomic E-state index is 13.2. The summed E-state index contributed by atoms with van der Waals surface area (Å²) >= 11 is 0. The van der Waals surface area contributed by atoms with E-state index in [4.69, 9.17) is 18.9 Å². The van der Waals surface area contributed by atoms with Gasteiger partial charge in [-0.25, -0.2) is 0 Å². The first-order valence-corrected chi connectivity index (χ1v) is 33.2. The SMILES string of the molecule is CC/C=C\C/C=C\C/C=C\C/C=C\CCCCCCCCCCCCCCCCCCCCCCCCCCC(=O)NC(COC1OC(CO)C(OC2OC(CO)C(O)C(O)C2O)C(O)C1O)C(O)/C=C/CC/C=C/CCCCCCC. The highest BCUT2D eigenvalue weighted by Gasteiger charge is 2.51. The molecule has 0 aromatic rings. The Labute approximate surface area is 498 Å². The van der Waals surface area contributed by atoms with Crippen molar-refractivity contribution in [1.29, 1.82) is 0 Å². The van der Waals surface area contributed by atoms with Crippen molar-refractivity contribution in [1.82, 2.24) is 5.32 Å². The lowest BCUT2D eigenvalue weighted by molar-refractivity contribution is -0.359. The van der Waals surface area contributed by atoms with Gasteiger partial charge in [0, 0.05) is 6.42 Å². The zero-order valence-electron chi connectivity index (χ0n) is 51.5. The van der Waals surface area contributed by atoms with Crippen molar-refractivity contribution in [2.24, 2.45) is 0 Å². The van der Waals surface area contributed by atoms with Crippen molar-refractivity contribution in [3.63, 3.8) is 0 Å². The number of ether oxygens (including phenoxy) is 4. The molecule has 12 unspecified atom stereocenters. The topological polar surface area (TPSA) is 228 Å². The van der Waals surface area contributed by atoms with Crippen LogP contribution < -0.4 is 5.32 Å². The van der Waals surface area contributed by atoms with Crippen LogP contribution in [-0.4, -0.2) is 140 Å². The molecule has 14 nitrogen and oxygen atoms in total. The third-order valence-electron chi connectivity index (χ3n) is 15.9. The number of allylic oxidation sites excluding steroid dienone is 11. The Kier molecular flexibility index (Phi) is 48.6. The smallest absolute Gasteiger partial charge is 0.220 e. The molecule has 2 heterocycles. The van der Waals surface area contributed by atoms with Crippen molar-refractivity contribution in [2.45, 2.75) is 331 Å². The first-order chi connectivity index (χ1) is 40.1. The lowest BCUT2D eigenvalue weighted by atomic mass is 9.97. The molecule has 0 spiro atoms. The summed E-state index contributed by atoms with van der Waals surface area (Å²) in [6.45, 7) is 2.64. The van der Waals surface area contributed by atoms with E-state index in [1.807, 2.05) is 6.08 Å². The van der Waals surface area contributed by atoms with E-state index >= 15 is 0 Å². The normalized spacial score (nSPS) is 24.4. The zero-order valence-corrected chi connectivity index (χ0v) is 51.5. The number of amides is 1. The molecule has 9 N–H and O–H groups in total. The number of hydrogen-bond donors (Lipinski definition) is 9. The number of aliphatic hydroxyl groups excluding tert-OH is 8. The molecule has 14 heteroatoms. The number of unbranched alkanes of at least 4 members (excludes halogenated alkanes) is 30. The summed E-state index contributed by atoms with van der Waals surface area (Å²) in [4.78, 5) is 13.2. The van der Waals surface area contributed by atoms with Gasteiger partial charge in [-0.1, -0.05) is 254 Å². The lowest BCUT2D eigenvalue weighted by Gasteiger charge is -2.46. The van der Waals surface area contributed by atoms with Crippen molar-refractivity contribution in [3.8, 4) is 0 Å². The molecule has 1 amide bonds. The van der Waals surface area contributed by atoms with Crippen LogP contribution in [0.1, 0.15) is 258 Å². The quantitative estimate of drug-likeness (QED) is 0.0204. The van der Waals surface area contributed by atoms with Crippen LogP contribution in [0.25, 0.3) is 0 Å². The number of aliphatic hydroxyl groups is 8. The van der Waals surface area contributed by atoms with Crippen molar-refractivity contribution in [2.75, 3.05) is 19.8 Å². The van der Waals surface area contributed by atoms with Crippen molar-refractivity contribution in [3.05, 3.63) is 72.9 Å². The van der Waals surface area contributed by atoms with Gasteiger partial charge >= 0.3 is 0 Å². The molecule has 476 valence electrons. The Bertz CT molecular complexity index is 1650. The van der Waals surface area contributed by atoms with Crippen molar-refractivity contribution >= 4 is 5.91 Å². The van der Waals surface area contributed by atoms with Gasteiger partial charge in [-0.3, -0.25) is 4.79 Å². The maximum Gasteiger partial charge on any atom is 0.220 e. The molecule has 0 aromatic heterocycles. The predicted molar refractivity (Wildman–Crippen MR) is 332 cm³/mol. The van der Waals surface area contributed by atoms with Crippen LogP contribution in [0.2, 0.25) is 0 Å². The van der Waals surface area contributed by atoms with Crippen LogP contribution in [0.4, 0.5) is 0 Å². The van der Waals surface area contributed by atoms with Gasteiger partial charge in [0.25, 0.3) is 0 Å². The summed E-state index contributed by atoms with van der Waals surface area (Å²) in [5.74, 6) is -0.249. The van der Waals surface area contributed by atoms with Crippen molar-refractivity contribution < 1.29 is 64.6 Å². The largest absolute Gasteiger partial charge is 0.394 e. The second-order valence-electron chi connectivity index (χ2n) is 23.2. The predicted octanol–water partition coefficient (Wildman–Crippen LogP) is 12.7. The molecule has 2 fully saturated rings. The first kappa shape index (κ1) is 75.5. The van der Waals surface area contributed by atoms with E-state index in [1.54, 1.807) is 6.08 Å². The maximum atomic E-state index is 13.2. The lowest BCUT2D eigenvalue weighted by Crippen LogP contribution is -2.65. The van der Waals surface area contributed by atoms with E-state index in [0.29, 0.717) is 12.8 Å². The van der Waals surface area contributed by atoms with Crippen LogP contribution in [0, 0.1) is 0 Å². The zero-order chi connectivity index (χ0) is 59.5. The second-order valence-corrected chi connectivity index (χ2v) is 23.2. The number of hydrogen-bond acceptors (Lipinski definition) is 13. The minimum Gasteiger partial charge on any atom is -0.394 e. The van der Waals surface area contributed by atoms with E-state index in [2.05, 4.69) is 79.9 Å². The molecule has 2 aliphatic rings. The molecule has 0 bridgehead atoms. The minimum atomic E-state index is -1.79. The summed E-state index contributed by atoms with van der Waals surface area (Å²) < 4.78 is 22.7. The Morgan fingerprint density at radius 1 is 0.451 bits per heavy atom. The minimum absolute atomic E-state index is 0.249. The van der Waals surface area contributed by atoms with Gasteiger partial charge in [-0.05, 0) is 70.6 Å². The summed E-state index contributed by atoms with van der Waals surface area (Å²) in [6.07, 6.45) is 54.2. The molecule has 2 saturated heterocycles. The first-order valence-electron chi connectivity index (χ1n) is 33.2. The number of rotatable bonds is 53. The van der Waals surface area contributed by atoms with Gasteiger partial charge in [0.05, 0.1) is 32.0 Å². The Hall–Kier alpha value is -2.57. The molecule has 0 aliphatic carbocycles. The van der Waals surface area contributed by atoms with Gasteiger partial charge < -0.3 is 65.1 Å². The van der Waals surface area contributed by atoms with Gasteiger partial charge in [-0.15, -0.1) is 0 Å². The van der Waals surface area contributed by atoms with Gasteiger partial charge in [0.1, 0.15) is 48.8 Å². The Balaban J connectivity index is 1.56. The van der Waals surface area contributed by atoms with Gasteiger partial charge in [-0.2, -0.15) is 0 Å². The molecule has 12 atom stereocenters.